The van der Waals surface area contributed by atoms with Gasteiger partial charge in [0.2, 0.25) is 0 Å². The van der Waals surface area contributed by atoms with Crippen LogP contribution in [0.3, 0.4) is 0 Å². The van der Waals surface area contributed by atoms with Gasteiger partial charge in [0.1, 0.15) is 5.84 Å². The highest BCUT2D eigenvalue weighted by molar-refractivity contribution is 5.80. The standard InChI is InChI=1S/C14H23N3O2/c1-3-12(9-13(15)17-19)16-14(2,10-18)11-7-5-4-6-8-11/h4-8,12,16,18-19H,3,9-10H2,1-2H3,(H2,15,17). The van der Waals surface area contributed by atoms with Crippen LogP contribution in [0.1, 0.15) is 32.3 Å². The van der Waals surface area contributed by atoms with Gasteiger partial charge in [0.15, 0.2) is 0 Å². The monoisotopic (exact) mass is 265 g/mol. The molecule has 1 aromatic rings. The summed E-state index contributed by atoms with van der Waals surface area (Å²) in [6.45, 7) is 3.94. The number of hydrogen-bond acceptors (Lipinski definition) is 4. The van der Waals surface area contributed by atoms with E-state index >= 15 is 0 Å². The Morgan fingerprint density at radius 1 is 1.42 bits per heavy atom. The molecule has 0 heterocycles. The molecule has 106 valence electrons. The van der Waals surface area contributed by atoms with E-state index in [0.717, 1.165) is 12.0 Å². The van der Waals surface area contributed by atoms with Crippen LogP contribution in [0.5, 0.6) is 0 Å². The van der Waals surface area contributed by atoms with E-state index in [0.29, 0.717) is 6.42 Å². The van der Waals surface area contributed by atoms with Gasteiger partial charge in [-0.2, -0.15) is 0 Å². The molecule has 0 radical (unpaired) electrons. The number of benzene rings is 1. The fourth-order valence-electron chi connectivity index (χ4n) is 2.07. The Morgan fingerprint density at radius 3 is 2.53 bits per heavy atom. The molecule has 0 spiro atoms. The Labute approximate surface area is 114 Å². The maximum absolute atomic E-state index is 9.70. The molecular formula is C14H23N3O2. The number of aliphatic hydroxyl groups is 1. The minimum Gasteiger partial charge on any atom is -0.409 e. The van der Waals surface area contributed by atoms with Crippen molar-refractivity contribution in [2.24, 2.45) is 10.9 Å². The molecule has 5 heteroatoms. The third-order valence-corrected chi connectivity index (χ3v) is 3.33. The maximum Gasteiger partial charge on any atom is 0.140 e. The molecule has 0 fully saturated rings. The molecule has 0 aliphatic carbocycles. The molecule has 0 amide bonds. The first-order valence-electron chi connectivity index (χ1n) is 6.46. The van der Waals surface area contributed by atoms with Gasteiger partial charge in [0.25, 0.3) is 0 Å². The second-order valence-electron chi connectivity index (χ2n) is 4.90. The number of nitrogens with two attached hydrogens (primary N) is 1. The van der Waals surface area contributed by atoms with Crippen molar-refractivity contribution in [3.63, 3.8) is 0 Å². The number of aliphatic hydroxyl groups excluding tert-OH is 1. The third kappa shape index (κ3) is 4.22. The Bertz CT molecular complexity index is 408. The summed E-state index contributed by atoms with van der Waals surface area (Å²) >= 11 is 0. The predicted molar refractivity (Wildman–Crippen MR) is 76.1 cm³/mol. The van der Waals surface area contributed by atoms with E-state index in [1.54, 1.807) is 0 Å². The second kappa shape index (κ2) is 7.11. The Morgan fingerprint density at radius 2 is 2.05 bits per heavy atom. The second-order valence-corrected chi connectivity index (χ2v) is 4.90. The lowest BCUT2D eigenvalue weighted by molar-refractivity contribution is 0.160. The summed E-state index contributed by atoms with van der Waals surface area (Å²) in [5.41, 5.74) is 6.01. The van der Waals surface area contributed by atoms with Gasteiger partial charge in [-0.05, 0) is 18.9 Å². The van der Waals surface area contributed by atoms with E-state index in [9.17, 15) is 5.11 Å². The zero-order valence-corrected chi connectivity index (χ0v) is 11.5. The molecule has 2 unspecified atom stereocenters. The first kappa shape index (κ1) is 15.5. The van der Waals surface area contributed by atoms with Gasteiger partial charge < -0.3 is 21.4 Å². The lowest BCUT2D eigenvalue weighted by Gasteiger charge is -2.34. The van der Waals surface area contributed by atoms with Gasteiger partial charge in [0.05, 0.1) is 12.1 Å². The largest absolute Gasteiger partial charge is 0.409 e. The quantitative estimate of drug-likeness (QED) is 0.259. The number of nitrogens with one attached hydrogen (secondary N) is 1. The average Bonchev–Trinajstić information content (AvgIpc) is 2.47. The SMILES string of the molecule is CCC(C/C(N)=N/O)NC(C)(CO)c1ccccc1. The van der Waals surface area contributed by atoms with Crippen LogP contribution in [-0.2, 0) is 5.54 Å². The van der Waals surface area contributed by atoms with E-state index in [1.807, 2.05) is 44.2 Å². The lowest BCUT2D eigenvalue weighted by Crippen LogP contribution is -2.49. The van der Waals surface area contributed by atoms with Crippen LogP contribution in [0.2, 0.25) is 0 Å². The summed E-state index contributed by atoms with van der Waals surface area (Å²) in [4.78, 5) is 0. The maximum atomic E-state index is 9.70. The van der Waals surface area contributed by atoms with Crippen molar-refractivity contribution in [3.05, 3.63) is 35.9 Å². The zero-order chi connectivity index (χ0) is 14.3. The Kier molecular flexibility index (Phi) is 5.79. The third-order valence-electron chi connectivity index (χ3n) is 3.33. The van der Waals surface area contributed by atoms with E-state index in [1.165, 1.54) is 0 Å². The van der Waals surface area contributed by atoms with Crippen molar-refractivity contribution < 1.29 is 10.3 Å². The van der Waals surface area contributed by atoms with Crippen molar-refractivity contribution >= 4 is 5.84 Å². The number of rotatable bonds is 7. The fraction of sp³-hybridized carbons (Fsp3) is 0.500. The Hall–Kier alpha value is -1.59. The number of oxime groups is 1. The predicted octanol–water partition coefficient (Wildman–Crippen LogP) is 1.40. The van der Waals surface area contributed by atoms with Crippen LogP contribution < -0.4 is 11.1 Å². The fourth-order valence-corrected chi connectivity index (χ4v) is 2.07. The summed E-state index contributed by atoms with van der Waals surface area (Å²) in [7, 11) is 0. The van der Waals surface area contributed by atoms with Crippen molar-refractivity contribution in [1.29, 1.82) is 0 Å². The molecule has 1 aromatic carbocycles. The summed E-state index contributed by atoms with van der Waals surface area (Å²) in [5, 5.41) is 24.7. The van der Waals surface area contributed by atoms with E-state index < -0.39 is 5.54 Å². The first-order valence-corrected chi connectivity index (χ1v) is 6.46. The molecule has 2 atom stereocenters. The molecule has 5 nitrogen and oxygen atoms in total. The number of hydrogen-bond donors (Lipinski definition) is 4. The minimum atomic E-state index is -0.544. The molecule has 0 aliphatic heterocycles. The normalized spacial score (nSPS) is 16.9. The van der Waals surface area contributed by atoms with Crippen LogP contribution in [-0.4, -0.2) is 28.8 Å². The van der Waals surface area contributed by atoms with Gasteiger partial charge in [0, 0.05) is 12.5 Å². The van der Waals surface area contributed by atoms with Crippen molar-refractivity contribution in [3.8, 4) is 0 Å². The first-order chi connectivity index (χ1) is 9.05. The van der Waals surface area contributed by atoms with Crippen molar-refractivity contribution in [2.45, 2.75) is 38.3 Å². The lowest BCUT2D eigenvalue weighted by atomic mass is 9.91. The van der Waals surface area contributed by atoms with Crippen LogP contribution in [0, 0.1) is 0 Å². The molecule has 0 saturated carbocycles. The van der Waals surface area contributed by atoms with Gasteiger partial charge in [-0.15, -0.1) is 0 Å². The van der Waals surface area contributed by atoms with Crippen molar-refractivity contribution in [1.82, 2.24) is 5.32 Å². The molecule has 1 rings (SSSR count). The molecular weight excluding hydrogens is 242 g/mol. The van der Waals surface area contributed by atoms with Gasteiger partial charge in [-0.1, -0.05) is 42.4 Å². The van der Waals surface area contributed by atoms with Gasteiger partial charge in [-0.25, -0.2) is 0 Å². The average molecular weight is 265 g/mol. The van der Waals surface area contributed by atoms with Gasteiger partial charge >= 0.3 is 0 Å². The van der Waals surface area contributed by atoms with Gasteiger partial charge in [-0.3, -0.25) is 0 Å². The highest BCUT2D eigenvalue weighted by atomic mass is 16.4. The molecule has 19 heavy (non-hydrogen) atoms. The van der Waals surface area contributed by atoms with Crippen LogP contribution in [0.25, 0.3) is 0 Å². The van der Waals surface area contributed by atoms with E-state index in [4.69, 9.17) is 10.9 Å². The molecule has 0 aliphatic rings. The van der Waals surface area contributed by atoms with Crippen molar-refractivity contribution in [2.75, 3.05) is 6.61 Å². The summed E-state index contributed by atoms with van der Waals surface area (Å²) < 4.78 is 0. The molecule has 0 bridgehead atoms. The summed E-state index contributed by atoms with van der Waals surface area (Å²) in [5.74, 6) is 0.188. The van der Waals surface area contributed by atoms with Crippen LogP contribution >= 0.6 is 0 Å². The van der Waals surface area contributed by atoms with E-state index in [-0.39, 0.29) is 18.5 Å². The molecule has 5 N–H and O–H groups in total. The number of amidine groups is 1. The van der Waals surface area contributed by atoms with Crippen LogP contribution in [0.15, 0.2) is 35.5 Å². The molecule has 0 aromatic heterocycles. The highest BCUT2D eigenvalue weighted by Gasteiger charge is 2.28. The smallest absolute Gasteiger partial charge is 0.140 e. The number of nitrogens with zero attached hydrogens (tertiary/aromatic N) is 1. The minimum absolute atomic E-state index is 0.0241. The summed E-state index contributed by atoms with van der Waals surface area (Å²) in [6.07, 6.45) is 1.26. The summed E-state index contributed by atoms with van der Waals surface area (Å²) in [6, 6.07) is 9.80. The van der Waals surface area contributed by atoms with Crippen LogP contribution in [0.4, 0.5) is 0 Å². The topological polar surface area (TPSA) is 90.9 Å². The molecule has 0 saturated heterocycles. The Balaban J connectivity index is 2.85. The van der Waals surface area contributed by atoms with E-state index in [2.05, 4.69) is 10.5 Å². The highest BCUT2D eigenvalue weighted by Crippen LogP contribution is 2.21. The zero-order valence-electron chi connectivity index (χ0n) is 11.5.